The molecule has 0 amide bonds. The lowest BCUT2D eigenvalue weighted by Gasteiger charge is -2.16. The molecule has 0 aliphatic carbocycles. The van der Waals surface area contributed by atoms with E-state index >= 15 is 0 Å². The molecule has 5 nitrogen and oxygen atoms in total. The van der Waals surface area contributed by atoms with Gasteiger partial charge in [-0.25, -0.2) is 4.98 Å². The Bertz CT molecular complexity index is 942. The van der Waals surface area contributed by atoms with Crippen LogP contribution in [0.3, 0.4) is 0 Å². The van der Waals surface area contributed by atoms with E-state index in [0.717, 1.165) is 21.9 Å². The van der Waals surface area contributed by atoms with Crippen LogP contribution in [0.4, 0.5) is 0 Å². The molecule has 0 fully saturated rings. The maximum Gasteiger partial charge on any atom is 0.135 e. The highest BCUT2D eigenvalue weighted by Crippen LogP contribution is 2.35. The number of thiazole rings is 1. The summed E-state index contributed by atoms with van der Waals surface area (Å²) in [6, 6.07) is 13.6. The maximum atomic E-state index is 10.4. The van der Waals surface area contributed by atoms with Crippen LogP contribution >= 0.6 is 11.3 Å². The SMILES string of the molecule is Cc1sc(C2=C(O)CN(Cc3ccco3)C2=N)nc1-c1ccccc1. The van der Waals surface area contributed by atoms with Gasteiger partial charge in [-0.3, -0.25) is 5.41 Å². The number of nitrogens with zero attached hydrogens (tertiary/aromatic N) is 2. The highest BCUT2D eigenvalue weighted by atomic mass is 32.1. The molecule has 0 saturated heterocycles. The van der Waals surface area contributed by atoms with Crippen molar-refractivity contribution in [2.24, 2.45) is 0 Å². The number of nitrogens with one attached hydrogen (secondary N) is 1. The van der Waals surface area contributed by atoms with Crippen molar-refractivity contribution in [1.82, 2.24) is 9.88 Å². The summed E-state index contributed by atoms with van der Waals surface area (Å²) in [5.74, 6) is 1.23. The molecule has 0 spiro atoms. The fourth-order valence-corrected chi connectivity index (χ4v) is 3.95. The number of aliphatic hydroxyl groups excluding tert-OH is 1. The van der Waals surface area contributed by atoms with Crippen LogP contribution in [0.25, 0.3) is 16.8 Å². The van der Waals surface area contributed by atoms with Crippen LogP contribution in [0.15, 0.2) is 58.9 Å². The van der Waals surface area contributed by atoms with Gasteiger partial charge in [0.25, 0.3) is 0 Å². The normalized spacial score (nSPS) is 14.6. The summed E-state index contributed by atoms with van der Waals surface area (Å²) < 4.78 is 5.35. The Balaban J connectivity index is 1.63. The highest BCUT2D eigenvalue weighted by Gasteiger charge is 2.31. The third kappa shape index (κ3) is 2.85. The van der Waals surface area contributed by atoms with Crippen molar-refractivity contribution in [2.75, 3.05) is 6.54 Å². The number of aryl methyl sites for hydroxylation is 1. The molecule has 3 aromatic rings. The van der Waals surface area contributed by atoms with Gasteiger partial charge in [0.1, 0.15) is 22.4 Å². The number of hydrogen-bond acceptors (Lipinski definition) is 5. The van der Waals surface area contributed by atoms with Crippen LogP contribution < -0.4 is 0 Å². The standard InChI is InChI=1S/C19H17N3O2S/c1-12-17(13-6-3-2-4-7-13)21-19(25-12)16-15(23)11-22(18(16)20)10-14-8-5-9-24-14/h2-9,20,23H,10-11H2,1H3. The van der Waals surface area contributed by atoms with E-state index in [1.165, 1.54) is 11.3 Å². The number of furan rings is 1. The first kappa shape index (κ1) is 15.7. The lowest BCUT2D eigenvalue weighted by atomic mass is 10.1. The van der Waals surface area contributed by atoms with Crippen LogP contribution in [0.2, 0.25) is 0 Å². The number of hydrogen-bond donors (Lipinski definition) is 2. The van der Waals surface area contributed by atoms with Crippen LogP contribution in [-0.4, -0.2) is 27.4 Å². The van der Waals surface area contributed by atoms with Crippen LogP contribution in [0, 0.1) is 12.3 Å². The van der Waals surface area contributed by atoms with Gasteiger partial charge in [-0.05, 0) is 19.1 Å². The van der Waals surface area contributed by atoms with Gasteiger partial charge in [0.05, 0.1) is 30.6 Å². The second-order valence-electron chi connectivity index (χ2n) is 5.90. The van der Waals surface area contributed by atoms with Crippen molar-refractivity contribution >= 4 is 22.7 Å². The molecule has 4 rings (SSSR count). The third-order valence-corrected chi connectivity index (χ3v) is 5.16. The average Bonchev–Trinajstić information content (AvgIpc) is 3.30. The molecule has 0 saturated carbocycles. The Kier molecular flexibility index (Phi) is 3.89. The van der Waals surface area contributed by atoms with E-state index in [2.05, 4.69) is 0 Å². The Hall–Kier alpha value is -2.86. The fourth-order valence-electron chi connectivity index (χ4n) is 2.95. The molecule has 0 unspecified atom stereocenters. The molecule has 126 valence electrons. The zero-order valence-corrected chi connectivity index (χ0v) is 14.5. The van der Waals surface area contributed by atoms with Crippen molar-refractivity contribution in [3.8, 4) is 11.3 Å². The summed E-state index contributed by atoms with van der Waals surface area (Å²) in [5, 5.41) is 19.5. The largest absolute Gasteiger partial charge is 0.510 e. The molecule has 0 atom stereocenters. The first-order chi connectivity index (χ1) is 12.1. The summed E-state index contributed by atoms with van der Waals surface area (Å²) in [6.07, 6.45) is 1.61. The fraction of sp³-hybridized carbons (Fsp3) is 0.158. The summed E-state index contributed by atoms with van der Waals surface area (Å²) in [7, 11) is 0. The van der Waals surface area contributed by atoms with Crippen LogP contribution in [0.5, 0.6) is 0 Å². The molecule has 1 aromatic carbocycles. The first-order valence-corrected chi connectivity index (χ1v) is 8.76. The molecule has 3 heterocycles. The van der Waals surface area contributed by atoms with E-state index in [1.54, 1.807) is 11.2 Å². The smallest absolute Gasteiger partial charge is 0.135 e. The number of amidine groups is 1. The zero-order chi connectivity index (χ0) is 17.4. The Morgan fingerprint density at radius 1 is 1.24 bits per heavy atom. The molecule has 25 heavy (non-hydrogen) atoms. The zero-order valence-electron chi connectivity index (χ0n) is 13.7. The average molecular weight is 351 g/mol. The molecule has 2 aromatic heterocycles. The quantitative estimate of drug-likeness (QED) is 0.727. The van der Waals surface area contributed by atoms with Crippen molar-refractivity contribution in [2.45, 2.75) is 13.5 Å². The summed E-state index contributed by atoms with van der Waals surface area (Å²) in [6.45, 7) is 2.77. The van der Waals surface area contributed by atoms with E-state index in [0.29, 0.717) is 23.7 Å². The van der Waals surface area contributed by atoms with Crippen molar-refractivity contribution in [3.05, 3.63) is 70.1 Å². The van der Waals surface area contributed by atoms with Gasteiger partial charge in [0.2, 0.25) is 0 Å². The Labute approximate surface area is 149 Å². The van der Waals surface area contributed by atoms with E-state index in [-0.39, 0.29) is 11.6 Å². The molecular weight excluding hydrogens is 334 g/mol. The van der Waals surface area contributed by atoms with Gasteiger partial charge in [-0.2, -0.15) is 0 Å². The summed E-state index contributed by atoms with van der Waals surface area (Å²) in [4.78, 5) is 7.55. The minimum Gasteiger partial charge on any atom is -0.510 e. The van der Waals surface area contributed by atoms with Crippen molar-refractivity contribution in [3.63, 3.8) is 0 Å². The molecule has 2 N–H and O–H groups in total. The van der Waals surface area contributed by atoms with Gasteiger partial charge >= 0.3 is 0 Å². The first-order valence-electron chi connectivity index (χ1n) is 7.95. The van der Waals surface area contributed by atoms with Crippen LogP contribution in [0.1, 0.15) is 15.6 Å². The molecule has 6 heteroatoms. The maximum absolute atomic E-state index is 10.4. The Morgan fingerprint density at radius 2 is 2.04 bits per heavy atom. The minimum atomic E-state index is 0.185. The van der Waals surface area contributed by atoms with E-state index in [1.807, 2.05) is 49.4 Å². The van der Waals surface area contributed by atoms with Gasteiger partial charge in [-0.15, -0.1) is 11.3 Å². The number of benzene rings is 1. The Morgan fingerprint density at radius 3 is 2.76 bits per heavy atom. The van der Waals surface area contributed by atoms with E-state index in [4.69, 9.17) is 14.8 Å². The molecule has 1 aliphatic heterocycles. The third-order valence-electron chi connectivity index (χ3n) is 4.17. The number of aromatic nitrogens is 1. The highest BCUT2D eigenvalue weighted by molar-refractivity contribution is 7.13. The van der Waals surface area contributed by atoms with Gasteiger partial charge in [0, 0.05) is 10.4 Å². The lowest BCUT2D eigenvalue weighted by Crippen LogP contribution is -2.25. The predicted octanol–water partition coefficient (Wildman–Crippen LogP) is 4.47. The monoisotopic (exact) mass is 351 g/mol. The number of aliphatic hydroxyl groups is 1. The van der Waals surface area contributed by atoms with Crippen LogP contribution in [-0.2, 0) is 6.54 Å². The molecule has 1 aliphatic rings. The van der Waals surface area contributed by atoms with Crippen molar-refractivity contribution in [1.29, 1.82) is 5.41 Å². The van der Waals surface area contributed by atoms with Crippen molar-refractivity contribution < 1.29 is 9.52 Å². The van der Waals surface area contributed by atoms with E-state index < -0.39 is 0 Å². The predicted molar refractivity (Wildman–Crippen MR) is 98.7 cm³/mol. The molecule has 0 bridgehead atoms. The minimum absolute atomic E-state index is 0.185. The van der Waals surface area contributed by atoms with Gasteiger partial charge < -0.3 is 14.4 Å². The topological polar surface area (TPSA) is 73.3 Å². The number of rotatable bonds is 4. The lowest BCUT2D eigenvalue weighted by molar-refractivity contribution is 0.328. The molecular formula is C19H17N3O2S. The summed E-state index contributed by atoms with van der Waals surface area (Å²) >= 11 is 1.50. The van der Waals surface area contributed by atoms with Gasteiger partial charge in [-0.1, -0.05) is 30.3 Å². The molecule has 0 radical (unpaired) electrons. The van der Waals surface area contributed by atoms with E-state index in [9.17, 15) is 5.11 Å². The summed E-state index contributed by atoms with van der Waals surface area (Å²) in [5.41, 5.74) is 2.46. The second-order valence-corrected chi connectivity index (χ2v) is 7.10. The second kappa shape index (κ2) is 6.22. The van der Waals surface area contributed by atoms with Gasteiger partial charge in [0.15, 0.2) is 0 Å².